The average molecular weight is 469 g/mol. The summed E-state index contributed by atoms with van der Waals surface area (Å²) in [5.41, 5.74) is 4.09. The lowest BCUT2D eigenvalue weighted by atomic mass is 9.77. The highest BCUT2D eigenvalue weighted by Crippen LogP contribution is 2.56. The zero-order chi connectivity index (χ0) is 24.6. The molecular weight excluding hydrogens is 436 g/mol. The number of allylic oxidation sites excluding steroid dienone is 1. The molecule has 0 saturated carbocycles. The summed E-state index contributed by atoms with van der Waals surface area (Å²) in [6.45, 7) is 8.06. The monoisotopic (exact) mass is 468 g/mol. The third-order valence-electron chi connectivity index (χ3n) is 6.87. The van der Waals surface area contributed by atoms with Gasteiger partial charge in [0.2, 0.25) is 18.3 Å². The number of hydrogen-bond acceptors (Lipinski definition) is 7. The van der Waals surface area contributed by atoms with Crippen LogP contribution in [-0.4, -0.2) is 34.1 Å². The van der Waals surface area contributed by atoms with Crippen LogP contribution in [0, 0.1) is 11.8 Å². The fourth-order valence-electron chi connectivity index (χ4n) is 4.62. The van der Waals surface area contributed by atoms with Crippen LogP contribution in [0.2, 0.25) is 0 Å². The average Bonchev–Trinajstić information content (AvgIpc) is 3.30. The van der Waals surface area contributed by atoms with E-state index < -0.39 is 5.97 Å². The summed E-state index contributed by atoms with van der Waals surface area (Å²) in [5, 5.41) is 0. The molecule has 0 radical (unpaired) electrons. The summed E-state index contributed by atoms with van der Waals surface area (Å²) in [4.78, 5) is 12.9. The maximum atomic E-state index is 12.9. The van der Waals surface area contributed by atoms with Crippen molar-refractivity contribution in [2.75, 3.05) is 28.1 Å². The van der Waals surface area contributed by atoms with E-state index in [0.717, 1.165) is 35.1 Å². The van der Waals surface area contributed by atoms with Crippen molar-refractivity contribution in [3.63, 3.8) is 0 Å². The largest absolute Gasteiger partial charge is 0.493 e. The maximum Gasteiger partial charge on any atom is 0.338 e. The Morgan fingerprint density at radius 3 is 2.12 bits per heavy atom. The lowest BCUT2D eigenvalue weighted by Gasteiger charge is -2.30. The first kappa shape index (κ1) is 23.8. The van der Waals surface area contributed by atoms with Crippen LogP contribution in [0.15, 0.2) is 23.8 Å². The first-order chi connectivity index (χ1) is 16.3. The van der Waals surface area contributed by atoms with E-state index in [1.807, 2.05) is 12.1 Å². The molecule has 4 rings (SSSR count). The van der Waals surface area contributed by atoms with E-state index in [1.54, 1.807) is 41.3 Å². The maximum absolute atomic E-state index is 12.9. The van der Waals surface area contributed by atoms with Crippen molar-refractivity contribution in [2.24, 2.45) is 11.8 Å². The molecule has 0 fully saturated rings. The topological polar surface area (TPSA) is 72.5 Å². The minimum atomic E-state index is -0.446. The van der Waals surface area contributed by atoms with Gasteiger partial charge in [0.05, 0.1) is 21.3 Å². The van der Waals surface area contributed by atoms with Gasteiger partial charge in [-0.2, -0.15) is 0 Å². The summed E-state index contributed by atoms with van der Waals surface area (Å²) in [7, 11) is 4.79. The van der Waals surface area contributed by atoms with Crippen LogP contribution < -0.4 is 28.4 Å². The lowest BCUT2D eigenvalue weighted by Crippen LogP contribution is -2.19. The molecule has 0 saturated heterocycles. The van der Waals surface area contributed by atoms with Crippen molar-refractivity contribution in [3.8, 4) is 45.6 Å². The first-order valence-corrected chi connectivity index (χ1v) is 11.5. The van der Waals surface area contributed by atoms with E-state index in [9.17, 15) is 4.79 Å². The summed E-state index contributed by atoms with van der Waals surface area (Å²) >= 11 is 0. The number of carbonyl (C=O) groups is 1. The van der Waals surface area contributed by atoms with E-state index in [-0.39, 0.29) is 6.79 Å². The Kier molecular flexibility index (Phi) is 6.64. The molecule has 34 heavy (non-hydrogen) atoms. The molecule has 182 valence electrons. The van der Waals surface area contributed by atoms with Gasteiger partial charge in [0.1, 0.15) is 0 Å². The summed E-state index contributed by atoms with van der Waals surface area (Å²) < 4.78 is 34.8. The second kappa shape index (κ2) is 9.49. The smallest absolute Gasteiger partial charge is 0.338 e. The molecule has 1 aliphatic heterocycles. The van der Waals surface area contributed by atoms with Gasteiger partial charge in [0.25, 0.3) is 0 Å². The molecule has 0 N–H and O–H groups in total. The van der Waals surface area contributed by atoms with E-state index >= 15 is 0 Å². The van der Waals surface area contributed by atoms with Gasteiger partial charge in [-0.1, -0.05) is 19.9 Å². The third kappa shape index (κ3) is 3.93. The van der Waals surface area contributed by atoms with Gasteiger partial charge in [0, 0.05) is 16.7 Å². The van der Waals surface area contributed by atoms with Gasteiger partial charge < -0.3 is 28.4 Å². The Labute approximate surface area is 200 Å². The van der Waals surface area contributed by atoms with Crippen molar-refractivity contribution >= 4 is 5.97 Å². The molecule has 2 atom stereocenters. The number of esters is 1. The van der Waals surface area contributed by atoms with E-state index in [0.29, 0.717) is 51.9 Å². The van der Waals surface area contributed by atoms with E-state index in [4.69, 9.17) is 28.4 Å². The lowest BCUT2D eigenvalue weighted by molar-refractivity contribution is -0.130. The number of hydrogen-bond donors (Lipinski definition) is 0. The Morgan fingerprint density at radius 2 is 1.53 bits per heavy atom. The quantitative estimate of drug-likeness (QED) is 0.333. The molecule has 2 aliphatic rings. The Bertz CT molecular complexity index is 1150. The first-order valence-electron chi connectivity index (χ1n) is 11.5. The predicted octanol–water partition coefficient (Wildman–Crippen LogP) is 5.35. The Balaban J connectivity index is 2.11. The molecule has 7 nitrogen and oxygen atoms in total. The van der Waals surface area contributed by atoms with Gasteiger partial charge in [0.15, 0.2) is 23.0 Å². The molecule has 0 bridgehead atoms. The SMILES string of the molecule is C/C=C(/C)C(=O)Oc1c2c(cc3c1-c1c(cc(OC)c(OC)c1OC)C[C@@H](C)[C@@H](C)C3)OCO2. The minimum Gasteiger partial charge on any atom is -0.493 e. The third-order valence-corrected chi connectivity index (χ3v) is 6.87. The van der Waals surface area contributed by atoms with E-state index in [1.165, 1.54) is 0 Å². The summed E-state index contributed by atoms with van der Waals surface area (Å²) in [6.07, 6.45) is 3.29. The van der Waals surface area contributed by atoms with Crippen LogP contribution in [0.3, 0.4) is 0 Å². The van der Waals surface area contributed by atoms with Crippen LogP contribution in [0.25, 0.3) is 11.1 Å². The standard InChI is InChI=1S/C27H32O7/c1-8-14(2)27(28)34-26-22-18(12-20-24(26)33-13-32-20)10-16(4)15(3)9-17-11-19(29-5)23(30-6)25(31-7)21(17)22/h8,11-12,15-16H,9-10,13H2,1-7H3/b14-8-/t15-,16+/m1/s1. The molecule has 7 heteroatoms. The highest BCUT2D eigenvalue weighted by atomic mass is 16.7. The van der Waals surface area contributed by atoms with Crippen LogP contribution >= 0.6 is 0 Å². The fourth-order valence-corrected chi connectivity index (χ4v) is 4.62. The Morgan fingerprint density at radius 1 is 0.912 bits per heavy atom. The second-order valence-corrected chi connectivity index (χ2v) is 8.88. The minimum absolute atomic E-state index is 0.0628. The van der Waals surface area contributed by atoms with Crippen molar-refractivity contribution in [2.45, 2.75) is 40.5 Å². The number of fused-ring (bicyclic) bond motifs is 4. The summed E-state index contributed by atoms with van der Waals surface area (Å²) in [5.74, 6) is 3.23. The van der Waals surface area contributed by atoms with Gasteiger partial charge >= 0.3 is 5.97 Å². The highest BCUT2D eigenvalue weighted by Gasteiger charge is 2.35. The second-order valence-electron chi connectivity index (χ2n) is 8.88. The molecule has 0 aromatic heterocycles. The number of benzene rings is 2. The van der Waals surface area contributed by atoms with E-state index in [2.05, 4.69) is 13.8 Å². The normalized spacial score (nSPS) is 18.9. The fraction of sp³-hybridized carbons (Fsp3) is 0.444. The summed E-state index contributed by atoms with van der Waals surface area (Å²) in [6, 6.07) is 3.98. The van der Waals surface area contributed by atoms with Crippen LogP contribution in [0.5, 0.6) is 34.5 Å². The van der Waals surface area contributed by atoms with Gasteiger partial charge in [-0.15, -0.1) is 0 Å². The number of carbonyl (C=O) groups excluding carboxylic acids is 1. The highest BCUT2D eigenvalue weighted by molar-refractivity contribution is 5.94. The molecular formula is C27H32O7. The van der Waals surface area contributed by atoms with Crippen molar-refractivity contribution in [1.82, 2.24) is 0 Å². The zero-order valence-corrected chi connectivity index (χ0v) is 20.9. The Hall–Kier alpha value is -3.35. The van der Waals surface area contributed by atoms with Gasteiger partial charge in [-0.05, 0) is 61.8 Å². The molecule has 2 aromatic rings. The zero-order valence-electron chi connectivity index (χ0n) is 20.9. The molecule has 0 spiro atoms. The van der Waals surface area contributed by atoms with Crippen molar-refractivity contribution < 1.29 is 33.2 Å². The van der Waals surface area contributed by atoms with Gasteiger partial charge in [-0.3, -0.25) is 0 Å². The molecule has 1 heterocycles. The van der Waals surface area contributed by atoms with Crippen LogP contribution in [0.1, 0.15) is 38.8 Å². The predicted molar refractivity (Wildman–Crippen MR) is 128 cm³/mol. The van der Waals surface area contributed by atoms with Crippen molar-refractivity contribution in [1.29, 1.82) is 0 Å². The van der Waals surface area contributed by atoms with Gasteiger partial charge in [-0.25, -0.2) is 4.79 Å². The number of methoxy groups -OCH3 is 3. The molecule has 1 aliphatic carbocycles. The van der Waals surface area contributed by atoms with Crippen molar-refractivity contribution in [3.05, 3.63) is 34.9 Å². The number of rotatable bonds is 5. The molecule has 0 unspecified atom stereocenters. The van der Waals surface area contributed by atoms with Crippen LogP contribution in [0.4, 0.5) is 0 Å². The molecule has 0 amide bonds. The molecule has 2 aromatic carbocycles. The van der Waals surface area contributed by atoms with Crippen LogP contribution in [-0.2, 0) is 17.6 Å². The number of ether oxygens (including phenoxy) is 6.